The van der Waals surface area contributed by atoms with E-state index in [1.54, 1.807) is 0 Å². The van der Waals surface area contributed by atoms with E-state index in [1.165, 1.54) is 11.9 Å². The first-order chi connectivity index (χ1) is 13.8. The molecule has 6 nitrogen and oxygen atoms in total. The average Bonchev–Trinajstić information content (AvgIpc) is 3.30. The average molecular weight is 373 g/mol. The van der Waals surface area contributed by atoms with Crippen molar-refractivity contribution in [2.45, 2.75) is 0 Å². The molecule has 1 aliphatic heterocycles. The van der Waals surface area contributed by atoms with Crippen molar-refractivity contribution in [1.29, 1.82) is 0 Å². The van der Waals surface area contributed by atoms with Gasteiger partial charge >= 0.3 is 0 Å². The molecule has 1 amide bonds. The molecule has 0 aliphatic carbocycles. The molecule has 6 heteroatoms. The second-order valence-electron chi connectivity index (χ2n) is 6.82. The van der Waals surface area contributed by atoms with Gasteiger partial charge in [-0.2, -0.15) is 5.10 Å². The van der Waals surface area contributed by atoms with E-state index in [4.69, 9.17) is 0 Å². The zero-order chi connectivity index (χ0) is 19.2. The molecule has 0 spiro atoms. The van der Waals surface area contributed by atoms with E-state index in [-0.39, 0.29) is 5.91 Å². The third-order valence-corrected chi connectivity index (χ3v) is 4.95. The van der Waals surface area contributed by atoms with Crippen molar-refractivity contribution in [3.8, 4) is 11.4 Å². The van der Waals surface area contributed by atoms with E-state index >= 15 is 0 Å². The molecule has 0 atom stereocenters. The fourth-order valence-electron chi connectivity index (χ4n) is 3.33. The van der Waals surface area contributed by atoms with Gasteiger partial charge < -0.3 is 4.90 Å². The highest BCUT2D eigenvalue weighted by Crippen LogP contribution is 2.16. The van der Waals surface area contributed by atoms with Gasteiger partial charge in [0.1, 0.15) is 6.33 Å². The van der Waals surface area contributed by atoms with Crippen molar-refractivity contribution in [1.82, 2.24) is 25.0 Å². The molecule has 3 aromatic rings. The SMILES string of the molecule is O=C(c1ccc(-c2ncn[nH]2)cc1)N1CCN(C/C=C/c2ccccc2)CC1. The van der Waals surface area contributed by atoms with Gasteiger partial charge in [-0.15, -0.1) is 0 Å². The number of rotatable bonds is 5. The molecular formula is C22H23N5O. The first kappa shape index (κ1) is 18.1. The van der Waals surface area contributed by atoms with Crippen LogP contribution < -0.4 is 0 Å². The van der Waals surface area contributed by atoms with Crippen LogP contribution in [-0.2, 0) is 0 Å². The lowest BCUT2D eigenvalue weighted by molar-refractivity contribution is 0.0650. The maximum absolute atomic E-state index is 12.8. The molecule has 2 aromatic carbocycles. The molecule has 1 N–H and O–H groups in total. The van der Waals surface area contributed by atoms with Crippen molar-refractivity contribution >= 4 is 12.0 Å². The monoisotopic (exact) mass is 373 g/mol. The van der Waals surface area contributed by atoms with Gasteiger partial charge in [-0.3, -0.25) is 14.8 Å². The number of aromatic nitrogens is 3. The Morgan fingerprint density at radius 3 is 2.43 bits per heavy atom. The van der Waals surface area contributed by atoms with Gasteiger partial charge in [0.15, 0.2) is 5.82 Å². The third-order valence-electron chi connectivity index (χ3n) is 4.95. The Morgan fingerprint density at radius 1 is 1.00 bits per heavy atom. The minimum absolute atomic E-state index is 0.0867. The predicted octanol–water partition coefficient (Wildman–Crippen LogP) is 2.94. The zero-order valence-electron chi connectivity index (χ0n) is 15.7. The van der Waals surface area contributed by atoms with E-state index in [2.05, 4.69) is 44.4 Å². The number of hydrogen-bond acceptors (Lipinski definition) is 4. The van der Waals surface area contributed by atoms with E-state index in [1.807, 2.05) is 47.4 Å². The lowest BCUT2D eigenvalue weighted by Gasteiger charge is -2.34. The number of carbonyl (C=O) groups excluding carboxylic acids is 1. The van der Waals surface area contributed by atoms with Crippen LogP contribution in [-0.4, -0.2) is 63.6 Å². The first-order valence-electron chi connectivity index (χ1n) is 9.48. The van der Waals surface area contributed by atoms with Crippen molar-refractivity contribution in [2.75, 3.05) is 32.7 Å². The summed E-state index contributed by atoms with van der Waals surface area (Å²) in [4.78, 5) is 21.2. The van der Waals surface area contributed by atoms with Gasteiger partial charge in [0, 0.05) is 43.9 Å². The summed E-state index contributed by atoms with van der Waals surface area (Å²) in [5.74, 6) is 0.791. The Labute approximate surface area is 164 Å². The van der Waals surface area contributed by atoms with E-state index in [9.17, 15) is 4.79 Å². The van der Waals surface area contributed by atoms with Crippen molar-refractivity contribution < 1.29 is 4.79 Å². The standard InChI is InChI=1S/C22H23N5O/c28-22(20-10-8-19(9-11-20)21-23-17-24-25-21)27-15-13-26(14-16-27)12-4-7-18-5-2-1-3-6-18/h1-11,17H,12-16H2,(H,23,24,25)/b7-4+. The number of hydrogen-bond donors (Lipinski definition) is 1. The second-order valence-corrected chi connectivity index (χ2v) is 6.82. The number of nitrogens with one attached hydrogen (secondary N) is 1. The smallest absolute Gasteiger partial charge is 0.253 e. The van der Waals surface area contributed by atoms with E-state index in [0.29, 0.717) is 11.4 Å². The molecule has 142 valence electrons. The number of amides is 1. The second kappa shape index (κ2) is 8.63. The summed E-state index contributed by atoms with van der Waals surface area (Å²) in [6, 6.07) is 17.8. The number of aromatic amines is 1. The summed E-state index contributed by atoms with van der Waals surface area (Å²) < 4.78 is 0. The van der Waals surface area contributed by atoms with Crippen molar-refractivity contribution in [3.05, 3.63) is 78.1 Å². The number of H-pyrrole nitrogens is 1. The number of piperazine rings is 1. The van der Waals surface area contributed by atoms with Gasteiger partial charge in [0.2, 0.25) is 0 Å². The maximum Gasteiger partial charge on any atom is 0.253 e. The van der Waals surface area contributed by atoms with Gasteiger partial charge in [-0.05, 0) is 17.7 Å². The fraction of sp³-hybridized carbons (Fsp3) is 0.227. The van der Waals surface area contributed by atoms with Crippen molar-refractivity contribution in [3.63, 3.8) is 0 Å². The molecule has 0 radical (unpaired) electrons. The Balaban J connectivity index is 1.28. The van der Waals surface area contributed by atoms with Gasteiger partial charge in [0.25, 0.3) is 5.91 Å². The summed E-state index contributed by atoms with van der Waals surface area (Å²) in [6.07, 6.45) is 5.81. The molecule has 1 saturated heterocycles. The number of carbonyl (C=O) groups is 1. The molecule has 1 fully saturated rings. The fourth-order valence-corrected chi connectivity index (χ4v) is 3.33. The highest BCUT2D eigenvalue weighted by Gasteiger charge is 2.21. The minimum atomic E-state index is 0.0867. The maximum atomic E-state index is 12.8. The molecule has 0 unspecified atom stereocenters. The lowest BCUT2D eigenvalue weighted by Crippen LogP contribution is -2.48. The van der Waals surface area contributed by atoms with Crippen LogP contribution in [0.1, 0.15) is 15.9 Å². The Hall–Kier alpha value is -3.25. The molecule has 2 heterocycles. The molecule has 0 bridgehead atoms. The highest BCUT2D eigenvalue weighted by atomic mass is 16.2. The molecule has 0 saturated carbocycles. The van der Waals surface area contributed by atoms with Crippen LogP contribution in [0.25, 0.3) is 17.5 Å². The quantitative estimate of drug-likeness (QED) is 0.747. The zero-order valence-corrected chi connectivity index (χ0v) is 15.7. The van der Waals surface area contributed by atoms with Gasteiger partial charge in [-0.25, -0.2) is 4.98 Å². The van der Waals surface area contributed by atoms with Crippen LogP contribution in [0.2, 0.25) is 0 Å². The molecule has 1 aliphatic rings. The Morgan fingerprint density at radius 2 is 1.75 bits per heavy atom. The Kier molecular flexibility index (Phi) is 5.58. The summed E-state index contributed by atoms with van der Waals surface area (Å²) in [7, 11) is 0. The molecule has 4 rings (SSSR count). The van der Waals surface area contributed by atoms with Gasteiger partial charge in [0.05, 0.1) is 0 Å². The largest absolute Gasteiger partial charge is 0.336 e. The van der Waals surface area contributed by atoms with Crippen LogP contribution in [0, 0.1) is 0 Å². The molecule has 28 heavy (non-hydrogen) atoms. The predicted molar refractivity (Wildman–Crippen MR) is 110 cm³/mol. The normalized spacial score (nSPS) is 15.2. The van der Waals surface area contributed by atoms with E-state index < -0.39 is 0 Å². The lowest BCUT2D eigenvalue weighted by atomic mass is 10.1. The van der Waals surface area contributed by atoms with Crippen molar-refractivity contribution in [2.24, 2.45) is 0 Å². The molecular weight excluding hydrogens is 350 g/mol. The summed E-state index contributed by atoms with van der Waals surface area (Å²) in [5.41, 5.74) is 2.84. The highest BCUT2D eigenvalue weighted by molar-refractivity contribution is 5.94. The summed E-state index contributed by atoms with van der Waals surface area (Å²) >= 11 is 0. The van der Waals surface area contributed by atoms with Crippen LogP contribution >= 0.6 is 0 Å². The number of benzene rings is 2. The summed E-state index contributed by atoms with van der Waals surface area (Å²) in [6.45, 7) is 4.19. The topological polar surface area (TPSA) is 65.1 Å². The molecule has 1 aromatic heterocycles. The van der Waals surface area contributed by atoms with Gasteiger partial charge in [-0.1, -0.05) is 54.6 Å². The summed E-state index contributed by atoms with van der Waals surface area (Å²) in [5, 5.41) is 6.68. The van der Waals surface area contributed by atoms with Crippen LogP contribution in [0.5, 0.6) is 0 Å². The van der Waals surface area contributed by atoms with Crippen LogP contribution in [0.4, 0.5) is 0 Å². The minimum Gasteiger partial charge on any atom is -0.336 e. The third kappa shape index (κ3) is 4.35. The Bertz CT molecular complexity index is 911. The van der Waals surface area contributed by atoms with E-state index in [0.717, 1.165) is 38.3 Å². The van der Waals surface area contributed by atoms with Crippen LogP contribution in [0.15, 0.2) is 67.0 Å². The first-order valence-corrected chi connectivity index (χ1v) is 9.48. The number of nitrogens with zero attached hydrogens (tertiary/aromatic N) is 4. The van der Waals surface area contributed by atoms with Crippen LogP contribution in [0.3, 0.4) is 0 Å².